The summed E-state index contributed by atoms with van der Waals surface area (Å²) in [5.41, 5.74) is -0.175. The third-order valence-corrected chi connectivity index (χ3v) is 3.53. The Labute approximate surface area is 122 Å². The molecule has 0 fully saturated rings. The van der Waals surface area contributed by atoms with Crippen molar-refractivity contribution in [3.8, 4) is 17.7 Å². The van der Waals surface area contributed by atoms with Crippen LogP contribution in [0.5, 0.6) is 11.6 Å². The summed E-state index contributed by atoms with van der Waals surface area (Å²) in [7, 11) is 0. The molecule has 3 rings (SSSR count). The molecule has 0 radical (unpaired) electrons. The quantitative estimate of drug-likeness (QED) is 0.667. The summed E-state index contributed by atoms with van der Waals surface area (Å²) in [5, 5.41) is 11.5. The highest BCUT2D eigenvalue weighted by Crippen LogP contribution is 2.33. The van der Waals surface area contributed by atoms with E-state index in [4.69, 9.17) is 21.6 Å². The number of thiophene rings is 1. The first kappa shape index (κ1) is 12.8. The second-order valence-electron chi connectivity index (χ2n) is 3.76. The average molecular weight is 306 g/mol. The molecule has 0 atom stereocenters. The molecule has 3 aromatic rings. The molecule has 0 N–H and O–H groups in total. The Morgan fingerprint density at radius 1 is 1.30 bits per heavy atom. The van der Waals surface area contributed by atoms with Gasteiger partial charge in [0.2, 0.25) is 11.2 Å². The normalized spacial score (nSPS) is 10.4. The van der Waals surface area contributed by atoms with E-state index in [1.807, 2.05) is 5.38 Å². The van der Waals surface area contributed by atoms with Crippen LogP contribution in [0, 0.1) is 17.1 Å². The minimum Gasteiger partial charge on any atom is -0.437 e. The van der Waals surface area contributed by atoms with Crippen molar-refractivity contribution in [1.82, 2.24) is 9.97 Å². The number of halogens is 2. The summed E-state index contributed by atoms with van der Waals surface area (Å²) in [6, 6.07) is 7.69. The van der Waals surface area contributed by atoms with Gasteiger partial charge in [-0.15, -0.1) is 11.3 Å². The summed E-state index contributed by atoms with van der Waals surface area (Å²) in [5.74, 6) is -0.357. The lowest BCUT2D eigenvalue weighted by Gasteiger charge is -2.07. The smallest absolute Gasteiger partial charge is 0.232 e. The number of aromatic nitrogens is 2. The first-order valence-electron chi connectivity index (χ1n) is 5.46. The molecule has 0 spiro atoms. The van der Waals surface area contributed by atoms with Gasteiger partial charge in [-0.05, 0) is 35.2 Å². The lowest BCUT2D eigenvalue weighted by molar-refractivity contribution is 0.461. The first-order chi connectivity index (χ1) is 9.69. The largest absolute Gasteiger partial charge is 0.437 e. The van der Waals surface area contributed by atoms with Crippen LogP contribution in [0.4, 0.5) is 4.39 Å². The maximum absolute atomic E-state index is 13.5. The van der Waals surface area contributed by atoms with Gasteiger partial charge in [0.05, 0.1) is 5.39 Å². The van der Waals surface area contributed by atoms with Crippen LogP contribution in [0.3, 0.4) is 0 Å². The molecule has 1 aromatic carbocycles. The van der Waals surface area contributed by atoms with Gasteiger partial charge in [-0.1, -0.05) is 6.07 Å². The van der Waals surface area contributed by atoms with Gasteiger partial charge < -0.3 is 4.74 Å². The number of rotatable bonds is 2. The van der Waals surface area contributed by atoms with Crippen LogP contribution in [0.1, 0.15) is 5.56 Å². The SMILES string of the molecule is N#Cc1c(F)cccc1Oc1nc(Cl)nc2sccc12. The molecule has 0 aliphatic heterocycles. The number of nitrogens with zero attached hydrogens (tertiary/aromatic N) is 3. The molecule has 4 nitrogen and oxygen atoms in total. The van der Waals surface area contributed by atoms with Gasteiger partial charge in [0.25, 0.3) is 0 Å². The molecule has 0 saturated heterocycles. The van der Waals surface area contributed by atoms with E-state index >= 15 is 0 Å². The van der Waals surface area contributed by atoms with E-state index in [1.165, 1.54) is 29.5 Å². The number of hydrogen-bond acceptors (Lipinski definition) is 5. The van der Waals surface area contributed by atoms with Crippen molar-refractivity contribution >= 4 is 33.2 Å². The van der Waals surface area contributed by atoms with Gasteiger partial charge >= 0.3 is 0 Å². The highest BCUT2D eigenvalue weighted by Gasteiger charge is 2.14. The highest BCUT2D eigenvalue weighted by molar-refractivity contribution is 7.16. The van der Waals surface area contributed by atoms with Crippen LogP contribution in [0.15, 0.2) is 29.6 Å². The fourth-order valence-corrected chi connectivity index (χ4v) is 2.65. The van der Waals surface area contributed by atoms with Crippen LogP contribution in [-0.2, 0) is 0 Å². The van der Waals surface area contributed by atoms with Crippen molar-refractivity contribution in [2.75, 3.05) is 0 Å². The maximum Gasteiger partial charge on any atom is 0.232 e. The van der Waals surface area contributed by atoms with E-state index in [9.17, 15) is 4.39 Å². The van der Waals surface area contributed by atoms with Crippen molar-refractivity contribution in [1.29, 1.82) is 5.26 Å². The number of benzene rings is 1. The fraction of sp³-hybridized carbons (Fsp3) is 0. The van der Waals surface area contributed by atoms with Crippen LogP contribution < -0.4 is 4.74 Å². The maximum atomic E-state index is 13.5. The van der Waals surface area contributed by atoms with Crippen LogP contribution in [0.25, 0.3) is 10.2 Å². The van der Waals surface area contributed by atoms with Gasteiger partial charge in [0.15, 0.2) is 0 Å². The van der Waals surface area contributed by atoms with Gasteiger partial charge in [-0.3, -0.25) is 0 Å². The summed E-state index contributed by atoms with van der Waals surface area (Å²) < 4.78 is 19.1. The molecule has 98 valence electrons. The molecular formula is C13H5ClFN3OS. The van der Waals surface area contributed by atoms with Crippen LogP contribution >= 0.6 is 22.9 Å². The molecule has 20 heavy (non-hydrogen) atoms. The van der Waals surface area contributed by atoms with Crippen molar-refractivity contribution in [3.63, 3.8) is 0 Å². The molecule has 2 aromatic heterocycles. The van der Waals surface area contributed by atoms with Gasteiger partial charge in [-0.25, -0.2) is 9.37 Å². The molecule has 0 aliphatic rings. The minimum absolute atomic E-state index is 0.0323. The van der Waals surface area contributed by atoms with Crippen molar-refractivity contribution in [2.24, 2.45) is 0 Å². The van der Waals surface area contributed by atoms with Gasteiger partial charge in [0, 0.05) is 0 Å². The summed E-state index contributed by atoms with van der Waals surface area (Å²) in [4.78, 5) is 8.69. The second-order valence-corrected chi connectivity index (χ2v) is 5.00. The zero-order valence-electron chi connectivity index (χ0n) is 9.80. The first-order valence-corrected chi connectivity index (χ1v) is 6.72. The molecule has 0 amide bonds. The lowest BCUT2D eigenvalue weighted by Crippen LogP contribution is -1.95. The summed E-state index contributed by atoms with van der Waals surface area (Å²) in [6.07, 6.45) is 0. The third-order valence-electron chi connectivity index (χ3n) is 2.56. The molecule has 0 aliphatic carbocycles. The summed E-state index contributed by atoms with van der Waals surface area (Å²) in [6.45, 7) is 0. The third kappa shape index (κ3) is 2.18. The fourth-order valence-electron chi connectivity index (χ4n) is 1.68. The number of ether oxygens (including phenoxy) is 1. The topological polar surface area (TPSA) is 58.8 Å². The van der Waals surface area contributed by atoms with E-state index in [0.717, 1.165) is 0 Å². The molecule has 0 unspecified atom stereocenters. The predicted octanol–water partition coefficient (Wildman–Crippen LogP) is 4.15. The summed E-state index contributed by atoms with van der Waals surface area (Å²) >= 11 is 7.20. The van der Waals surface area contributed by atoms with E-state index in [2.05, 4.69) is 9.97 Å². The van der Waals surface area contributed by atoms with E-state index in [1.54, 1.807) is 12.1 Å². The second kappa shape index (κ2) is 5.04. The van der Waals surface area contributed by atoms with Crippen molar-refractivity contribution in [2.45, 2.75) is 0 Å². The minimum atomic E-state index is -0.647. The Hall–Kier alpha value is -2.23. The van der Waals surface area contributed by atoms with Crippen LogP contribution in [0.2, 0.25) is 5.28 Å². The Kier molecular flexibility index (Phi) is 3.22. The Bertz CT molecular complexity index is 843. The number of fused-ring (bicyclic) bond motifs is 1. The molecule has 0 bridgehead atoms. The van der Waals surface area contributed by atoms with Crippen molar-refractivity contribution in [3.05, 3.63) is 46.3 Å². The van der Waals surface area contributed by atoms with Crippen LogP contribution in [-0.4, -0.2) is 9.97 Å². The standard InChI is InChI=1S/C13H5ClFN3OS/c14-13-17-11(7-4-5-20-12(7)18-13)19-10-3-1-2-9(15)8(10)6-16/h1-5H. The zero-order chi connectivity index (χ0) is 14.1. The molecule has 7 heteroatoms. The Balaban J connectivity index is 2.13. The zero-order valence-corrected chi connectivity index (χ0v) is 11.4. The molecular weight excluding hydrogens is 301 g/mol. The van der Waals surface area contributed by atoms with E-state index < -0.39 is 5.82 Å². The van der Waals surface area contributed by atoms with Gasteiger partial charge in [-0.2, -0.15) is 10.2 Å². The predicted molar refractivity (Wildman–Crippen MR) is 73.6 cm³/mol. The molecule has 0 saturated carbocycles. The Morgan fingerprint density at radius 3 is 2.95 bits per heavy atom. The van der Waals surface area contributed by atoms with Crippen molar-refractivity contribution < 1.29 is 9.13 Å². The lowest BCUT2D eigenvalue weighted by atomic mass is 10.2. The van der Waals surface area contributed by atoms with E-state index in [-0.39, 0.29) is 22.5 Å². The monoisotopic (exact) mass is 305 g/mol. The number of nitriles is 1. The average Bonchev–Trinajstić information content (AvgIpc) is 2.87. The number of hydrogen-bond donors (Lipinski definition) is 0. The Morgan fingerprint density at radius 2 is 2.15 bits per heavy atom. The van der Waals surface area contributed by atoms with E-state index in [0.29, 0.717) is 10.2 Å². The molecule has 2 heterocycles. The highest BCUT2D eigenvalue weighted by atomic mass is 35.5. The van der Waals surface area contributed by atoms with Gasteiger partial charge in [0.1, 0.15) is 28.0 Å².